The SMILES string of the molecule is C.O=S(=O)(c1cccc2c(Cl)cccc12)N1CCCC2CCCC1C2. The van der Waals surface area contributed by atoms with Crippen molar-refractivity contribution in [3.63, 3.8) is 0 Å². The maximum Gasteiger partial charge on any atom is 0.243 e. The average Bonchev–Trinajstić information content (AvgIpc) is 2.73. The van der Waals surface area contributed by atoms with Crippen molar-refractivity contribution in [1.29, 1.82) is 0 Å². The molecule has 1 saturated carbocycles. The molecule has 2 atom stereocenters. The Hall–Kier alpha value is -1.10. The molecule has 0 amide bonds. The van der Waals surface area contributed by atoms with E-state index in [1.807, 2.05) is 18.2 Å². The van der Waals surface area contributed by atoms with Crippen molar-refractivity contribution >= 4 is 32.4 Å². The lowest BCUT2D eigenvalue weighted by Crippen LogP contribution is -2.41. The Labute approximate surface area is 156 Å². The third kappa shape index (κ3) is 3.32. The molecule has 2 bridgehead atoms. The van der Waals surface area contributed by atoms with Gasteiger partial charge < -0.3 is 0 Å². The molecule has 2 unspecified atom stereocenters. The lowest BCUT2D eigenvalue weighted by molar-refractivity contribution is 0.239. The van der Waals surface area contributed by atoms with Crippen molar-refractivity contribution in [3.05, 3.63) is 41.4 Å². The zero-order valence-corrected chi connectivity index (χ0v) is 15.2. The highest BCUT2D eigenvalue weighted by atomic mass is 35.5. The Balaban J connectivity index is 0.00000182. The van der Waals surface area contributed by atoms with Gasteiger partial charge in [-0.2, -0.15) is 4.31 Å². The number of hydrogen-bond acceptors (Lipinski definition) is 2. The zero-order chi connectivity index (χ0) is 16.7. The third-order valence-corrected chi connectivity index (χ3v) is 7.91. The van der Waals surface area contributed by atoms with Gasteiger partial charge in [0.1, 0.15) is 0 Å². The predicted molar refractivity (Wildman–Crippen MR) is 105 cm³/mol. The summed E-state index contributed by atoms with van der Waals surface area (Å²) in [5.74, 6) is 0.700. The molecular weight excluding hydrogens is 354 g/mol. The standard InChI is InChI=1S/C19H22ClNO2S.CH4/c20-18-10-2-9-17-16(18)8-3-11-19(17)24(22,23)21-12-4-6-14-5-1-7-15(21)13-14;/h2-3,8-11,14-15H,1,4-7,12-13H2;1H4. The molecule has 1 saturated heterocycles. The van der Waals surface area contributed by atoms with Gasteiger partial charge in [-0.05, 0) is 43.7 Å². The van der Waals surface area contributed by atoms with Gasteiger partial charge in [0, 0.05) is 28.4 Å². The van der Waals surface area contributed by atoms with Crippen LogP contribution in [-0.4, -0.2) is 25.3 Å². The molecule has 2 aromatic carbocycles. The number of halogens is 1. The average molecular weight is 380 g/mol. The fourth-order valence-corrected chi connectivity index (χ4v) is 6.57. The number of benzene rings is 2. The van der Waals surface area contributed by atoms with Crippen LogP contribution in [0.3, 0.4) is 0 Å². The van der Waals surface area contributed by atoms with E-state index in [2.05, 4.69) is 0 Å². The van der Waals surface area contributed by atoms with Crippen LogP contribution in [-0.2, 0) is 10.0 Å². The molecule has 1 aliphatic heterocycles. The second kappa shape index (κ2) is 7.26. The quantitative estimate of drug-likeness (QED) is 0.693. The lowest BCUT2D eigenvalue weighted by atomic mass is 9.84. The van der Waals surface area contributed by atoms with Gasteiger partial charge in [0.05, 0.1) is 4.90 Å². The van der Waals surface area contributed by atoms with Gasteiger partial charge in [0.2, 0.25) is 10.0 Å². The highest BCUT2D eigenvalue weighted by Crippen LogP contribution is 2.38. The van der Waals surface area contributed by atoms with Crippen molar-refractivity contribution < 1.29 is 8.42 Å². The molecule has 5 heteroatoms. The van der Waals surface area contributed by atoms with Gasteiger partial charge in [-0.15, -0.1) is 0 Å². The van der Waals surface area contributed by atoms with Crippen LogP contribution < -0.4 is 0 Å². The van der Waals surface area contributed by atoms with Crippen LogP contribution in [0.15, 0.2) is 41.3 Å². The van der Waals surface area contributed by atoms with E-state index >= 15 is 0 Å². The number of fused-ring (bicyclic) bond motifs is 3. The highest BCUT2D eigenvalue weighted by molar-refractivity contribution is 7.89. The van der Waals surface area contributed by atoms with E-state index in [1.165, 1.54) is 6.42 Å². The van der Waals surface area contributed by atoms with Gasteiger partial charge >= 0.3 is 0 Å². The second-order valence-electron chi connectivity index (χ2n) is 7.04. The van der Waals surface area contributed by atoms with E-state index in [-0.39, 0.29) is 13.5 Å². The first-order chi connectivity index (χ1) is 11.6. The zero-order valence-electron chi connectivity index (χ0n) is 13.6. The summed E-state index contributed by atoms with van der Waals surface area (Å²) < 4.78 is 28.7. The van der Waals surface area contributed by atoms with E-state index in [0.29, 0.717) is 22.4 Å². The minimum absolute atomic E-state index is 0. The highest BCUT2D eigenvalue weighted by Gasteiger charge is 2.37. The molecular formula is C20H26ClNO2S. The van der Waals surface area contributed by atoms with E-state index in [4.69, 9.17) is 11.6 Å². The normalized spacial score (nSPS) is 24.5. The minimum Gasteiger partial charge on any atom is -0.207 e. The maximum absolute atomic E-state index is 13.4. The molecule has 2 aromatic rings. The molecule has 136 valence electrons. The Morgan fingerprint density at radius 1 is 0.960 bits per heavy atom. The first-order valence-corrected chi connectivity index (χ1v) is 10.6. The molecule has 1 heterocycles. The molecule has 25 heavy (non-hydrogen) atoms. The van der Waals surface area contributed by atoms with Gasteiger partial charge in [-0.25, -0.2) is 8.42 Å². The van der Waals surface area contributed by atoms with Crippen LogP contribution in [0.25, 0.3) is 10.8 Å². The van der Waals surface area contributed by atoms with Gasteiger partial charge in [0.25, 0.3) is 0 Å². The van der Waals surface area contributed by atoms with Crippen molar-refractivity contribution in [3.8, 4) is 0 Å². The van der Waals surface area contributed by atoms with Crippen LogP contribution in [0.5, 0.6) is 0 Å². The molecule has 0 N–H and O–H groups in total. The van der Waals surface area contributed by atoms with Gasteiger partial charge in [-0.1, -0.05) is 56.1 Å². The molecule has 0 aromatic heterocycles. The summed E-state index contributed by atoms with van der Waals surface area (Å²) in [5, 5.41) is 2.12. The largest absolute Gasteiger partial charge is 0.243 e. The molecule has 2 fully saturated rings. The fraction of sp³-hybridized carbons (Fsp3) is 0.500. The number of rotatable bonds is 2. The molecule has 4 rings (SSSR count). The Kier molecular flexibility index (Phi) is 5.42. The van der Waals surface area contributed by atoms with Crippen LogP contribution in [0.2, 0.25) is 5.02 Å². The summed E-state index contributed by atoms with van der Waals surface area (Å²) in [7, 11) is -3.50. The van der Waals surface area contributed by atoms with Crippen LogP contribution in [0.4, 0.5) is 0 Å². The van der Waals surface area contributed by atoms with E-state index in [9.17, 15) is 8.42 Å². The first-order valence-electron chi connectivity index (χ1n) is 8.76. The van der Waals surface area contributed by atoms with Crippen molar-refractivity contribution in [2.24, 2.45) is 5.92 Å². The monoisotopic (exact) mass is 379 g/mol. The second-order valence-corrected chi connectivity index (χ2v) is 9.30. The fourth-order valence-electron chi connectivity index (χ4n) is 4.42. The summed E-state index contributed by atoms with van der Waals surface area (Å²) in [4.78, 5) is 0.395. The lowest BCUT2D eigenvalue weighted by Gasteiger charge is -2.33. The molecule has 0 spiro atoms. The summed E-state index contributed by atoms with van der Waals surface area (Å²) in [6, 6.07) is 11.0. The van der Waals surface area contributed by atoms with Crippen LogP contribution in [0, 0.1) is 5.92 Å². The van der Waals surface area contributed by atoms with Gasteiger partial charge in [0.15, 0.2) is 0 Å². The smallest absolute Gasteiger partial charge is 0.207 e. The Morgan fingerprint density at radius 2 is 1.68 bits per heavy atom. The van der Waals surface area contributed by atoms with Crippen molar-refractivity contribution in [1.82, 2.24) is 4.31 Å². The maximum atomic E-state index is 13.4. The number of sulfonamides is 1. The number of nitrogens with zero attached hydrogens (tertiary/aromatic N) is 1. The predicted octanol–water partition coefficient (Wildman–Crippen LogP) is 5.47. The van der Waals surface area contributed by atoms with Crippen LogP contribution in [0.1, 0.15) is 46.0 Å². The van der Waals surface area contributed by atoms with E-state index in [1.54, 1.807) is 22.5 Å². The molecule has 1 aliphatic carbocycles. The summed E-state index contributed by atoms with van der Waals surface area (Å²) in [6.07, 6.45) is 6.53. The van der Waals surface area contributed by atoms with Gasteiger partial charge in [-0.3, -0.25) is 0 Å². The third-order valence-electron chi connectivity index (χ3n) is 5.57. The number of hydrogen-bond donors (Lipinski definition) is 0. The summed E-state index contributed by atoms with van der Waals surface area (Å²) in [6.45, 7) is 0.639. The Bertz CT molecular complexity index is 865. The van der Waals surface area contributed by atoms with Crippen molar-refractivity contribution in [2.75, 3.05) is 6.54 Å². The Morgan fingerprint density at radius 3 is 2.52 bits per heavy atom. The van der Waals surface area contributed by atoms with E-state index < -0.39 is 10.0 Å². The summed E-state index contributed by atoms with van der Waals surface area (Å²) in [5.41, 5.74) is 0. The topological polar surface area (TPSA) is 37.4 Å². The first kappa shape index (κ1) is 18.7. The van der Waals surface area contributed by atoms with Crippen LogP contribution >= 0.6 is 11.6 Å². The molecule has 0 radical (unpaired) electrons. The summed E-state index contributed by atoms with van der Waals surface area (Å²) >= 11 is 6.27. The van der Waals surface area contributed by atoms with E-state index in [0.717, 1.165) is 42.9 Å². The van der Waals surface area contributed by atoms with Crippen molar-refractivity contribution in [2.45, 2.75) is 56.9 Å². The molecule has 2 aliphatic rings. The molecule has 3 nitrogen and oxygen atoms in total. The minimum atomic E-state index is -3.50.